The molecule has 0 saturated heterocycles. The fraction of sp³-hybridized carbons (Fsp3) is 0.316. The number of nitrogens with zero attached hydrogens (tertiary/aromatic N) is 3. The quantitative estimate of drug-likeness (QED) is 0.938. The van der Waals surface area contributed by atoms with Gasteiger partial charge in [0.2, 0.25) is 5.91 Å². The molecule has 1 aliphatic heterocycles. The lowest BCUT2D eigenvalue weighted by Crippen LogP contribution is -2.34. The molecule has 5 heteroatoms. The summed E-state index contributed by atoms with van der Waals surface area (Å²) in [5, 5.41) is 12.7. The third kappa shape index (κ3) is 2.83. The summed E-state index contributed by atoms with van der Waals surface area (Å²) in [5.41, 5.74) is 5.98. The highest BCUT2D eigenvalue weighted by Crippen LogP contribution is 2.32. The lowest BCUT2D eigenvalue weighted by atomic mass is 10.00. The van der Waals surface area contributed by atoms with Crippen molar-refractivity contribution in [2.24, 2.45) is 0 Å². The molecule has 5 nitrogen and oxygen atoms in total. The largest absolute Gasteiger partial charge is 0.354 e. The molecule has 0 saturated carbocycles. The van der Waals surface area contributed by atoms with Crippen molar-refractivity contribution in [1.82, 2.24) is 4.98 Å². The molecule has 1 N–H and O–H groups in total. The van der Waals surface area contributed by atoms with Gasteiger partial charge in [-0.15, -0.1) is 0 Å². The van der Waals surface area contributed by atoms with Gasteiger partial charge in [-0.25, -0.2) is 0 Å². The monoisotopic (exact) mass is 320 g/mol. The number of amides is 1. The van der Waals surface area contributed by atoms with Gasteiger partial charge in [-0.2, -0.15) is 5.26 Å². The number of pyridine rings is 1. The number of carbonyl (C=O) groups is 1. The lowest BCUT2D eigenvalue weighted by molar-refractivity contribution is -0.118. The van der Waals surface area contributed by atoms with Gasteiger partial charge in [-0.1, -0.05) is 0 Å². The van der Waals surface area contributed by atoms with Crippen LogP contribution < -0.4 is 10.2 Å². The number of benzene rings is 1. The number of nitriles is 1. The summed E-state index contributed by atoms with van der Waals surface area (Å²) >= 11 is 0. The first-order valence-electron chi connectivity index (χ1n) is 8.12. The molecule has 1 aromatic carbocycles. The maximum absolute atomic E-state index is 12.0. The first-order valence-corrected chi connectivity index (χ1v) is 8.12. The Bertz CT molecular complexity index is 851. The standard InChI is InChI=1S/C19H20N4O/c1-4-23-18-7-6-15(10-14(18)5-8-19(23)24)22-17-9-12(2)21-13(3)16(17)11-20/h6-7,9-10H,4-5,8H2,1-3H3,(H,21,22). The number of aromatic nitrogens is 1. The Kier molecular flexibility index (Phi) is 4.22. The van der Waals surface area contributed by atoms with E-state index in [1.54, 1.807) is 0 Å². The van der Waals surface area contributed by atoms with Gasteiger partial charge in [0, 0.05) is 30.0 Å². The minimum atomic E-state index is 0.179. The highest BCUT2D eigenvalue weighted by molar-refractivity contribution is 5.96. The number of carbonyl (C=O) groups excluding carboxylic acids is 1. The Balaban J connectivity index is 1.96. The minimum Gasteiger partial charge on any atom is -0.354 e. The summed E-state index contributed by atoms with van der Waals surface area (Å²) in [6.07, 6.45) is 1.29. The number of hydrogen-bond acceptors (Lipinski definition) is 4. The predicted octanol–water partition coefficient (Wildman–Crippen LogP) is 3.61. The van der Waals surface area contributed by atoms with Crippen LogP contribution in [0.1, 0.15) is 35.9 Å². The maximum Gasteiger partial charge on any atom is 0.227 e. The zero-order valence-electron chi connectivity index (χ0n) is 14.2. The van der Waals surface area contributed by atoms with E-state index in [9.17, 15) is 10.1 Å². The van der Waals surface area contributed by atoms with Crippen LogP contribution >= 0.6 is 0 Å². The molecule has 1 aromatic heterocycles. The maximum atomic E-state index is 12.0. The molecule has 1 aliphatic rings. The van der Waals surface area contributed by atoms with Crippen LogP contribution in [-0.4, -0.2) is 17.4 Å². The predicted molar refractivity (Wildman–Crippen MR) is 94.5 cm³/mol. The fourth-order valence-corrected chi connectivity index (χ4v) is 3.21. The molecule has 24 heavy (non-hydrogen) atoms. The first kappa shape index (κ1) is 16.0. The molecular weight excluding hydrogens is 300 g/mol. The Labute approximate surface area is 141 Å². The van der Waals surface area contributed by atoms with Crippen LogP contribution in [-0.2, 0) is 11.2 Å². The highest BCUT2D eigenvalue weighted by Gasteiger charge is 2.22. The molecule has 0 radical (unpaired) electrons. The molecule has 3 rings (SSSR count). The van der Waals surface area contributed by atoms with E-state index in [4.69, 9.17) is 0 Å². The van der Waals surface area contributed by atoms with Crippen molar-refractivity contribution < 1.29 is 4.79 Å². The van der Waals surface area contributed by atoms with E-state index < -0.39 is 0 Å². The second-order valence-electron chi connectivity index (χ2n) is 5.99. The Morgan fingerprint density at radius 1 is 1.29 bits per heavy atom. The minimum absolute atomic E-state index is 0.179. The Hall–Kier alpha value is -2.87. The molecule has 0 bridgehead atoms. The van der Waals surface area contributed by atoms with Gasteiger partial charge >= 0.3 is 0 Å². The van der Waals surface area contributed by atoms with Gasteiger partial charge in [-0.05, 0) is 57.0 Å². The molecule has 0 aliphatic carbocycles. The summed E-state index contributed by atoms with van der Waals surface area (Å²) in [6, 6.07) is 10.1. The van der Waals surface area contributed by atoms with Gasteiger partial charge in [-0.3, -0.25) is 9.78 Å². The van der Waals surface area contributed by atoms with Crippen molar-refractivity contribution in [3.05, 3.63) is 46.8 Å². The second kappa shape index (κ2) is 6.32. The van der Waals surface area contributed by atoms with E-state index in [0.717, 1.165) is 40.4 Å². The number of aryl methyl sites for hydroxylation is 3. The van der Waals surface area contributed by atoms with E-state index >= 15 is 0 Å². The van der Waals surface area contributed by atoms with Crippen LogP contribution in [0, 0.1) is 25.2 Å². The van der Waals surface area contributed by atoms with Crippen molar-refractivity contribution in [2.45, 2.75) is 33.6 Å². The molecule has 2 aromatic rings. The van der Waals surface area contributed by atoms with E-state index in [2.05, 4.69) is 22.4 Å². The fourth-order valence-electron chi connectivity index (χ4n) is 3.21. The highest BCUT2D eigenvalue weighted by atomic mass is 16.2. The van der Waals surface area contributed by atoms with E-state index in [1.165, 1.54) is 0 Å². The Morgan fingerprint density at radius 2 is 2.08 bits per heavy atom. The summed E-state index contributed by atoms with van der Waals surface area (Å²) in [6.45, 7) is 6.42. The van der Waals surface area contributed by atoms with Crippen LogP contribution in [0.2, 0.25) is 0 Å². The lowest BCUT2D eigenvalue weighted by Gasteiger charge is -2.28. The van der Waals surface area contributed by atoms with Crippen LogP contribution in [0.3, 0.4) is 0 Å². The number of anilines is 3. The molecule has 0 unspecified atom stereocenters. The van der Waals surface area contributed by atoms with Crippen molar-refractivity contribution in [2.75, 3.05) is 16.8 Å². The van der Waals surface area contributed by atoms with Crippen molar-refractivity contribution in [1.29, 1.82) is 5.26 Å². The van der Waals surface area contributed by atoms with Crippen molar-refractivity contribution in [3.63, 3.8) is 0 Å². The summed E-state index contributed by atoms with van der Waals surface area (Å²) in [4.78, 5) is 18.2. The summed E-state index contributed by atoms with van der Waals surface area (Å²) in [5.74, 6) is 0.179. The van der Waals surface area contributed by atoms with Gasteiger partial charge in [0.1, 0.15) is 6.07 Å². The smallest absolute Gasteiger partial charge is 0.227 e. The SMILES string of the molecule is CCN1C(=O)CCc2cc(Nc3cc(C)nc(C)c3C#N)ccc21. The normalized spacial score (nSPS) is 13.4. The van der Waals surface area contributed by atoms with Gasteiger partial charge < -0.3 is 10.2 Å². The number of fused-ring (bicyclic) bond motifs is 1. The summed E-state index contributed by atoms with van der Waals surface area (Å²) in [7, 11) is 0. The zero-order valence-corrected chi connectivity index (χ0v) is 14.2. The topological polar surface area (TPSA) is 69.0 Å². The Morgan fingerprint density at radius 3 is 2.79 bits per heavy atom. The van der Waals surface area contributed by atoms with Gasteiger partial charge in [0.15, 0.2) is 0 Å². The molecule has 2 heterocycles. The molecule has 0 fully saturated rings. The van der Waals surface area contributed by atoms with Crippen LogP contribution in [0.25, 0.3) is 0 Å². The third-order valence-electron chi connectivity index (χ3n) is 4.32. The van der Waals surface area contributed by atoms with E-state index in [1.807, 2.05) is 43.9 Å². The van der Waals surface area contributed by atoms with Crippen LogP contribution in [0.15, 0.2) is 24.3 Å². The average molecular weight is 320 g/mol. The average Bonchev–Trinajstić information content (AvgIpc) is 2.54. The summed E-state index contributed by atoms with van der Waals surface area (Å²) < 4.78 is 0. The molecular formula is C19H20N4O. The van der Waals surface area contributed by atoms with Crippen LogP contribution in [0.5, 0.6) is 0 Å². The van der Waals surface area contributed by atoms with Crippen molar-refractivity contribution in [3.8, 4) is 6.07 Å². The van der Waals surface area contributed by atoms with Crippen molar-refractivity contribution >= 4 is 23.0 Å². The van der Waals surface area contributed by atoms with Gasteiger partial charge in [0.05, 0.1) is 16.9 Å². The third-order valence-corrected chi connectivity index (χ3v) is 4.32. The number of nitrogens with one attached hydrogen (secondary N) is 1. The molecule has 0 spiro atoms. The van der Waals surface area contributed by atoms with Gasteiger partial charge in [0.25, 0.3) is 0 Å². The second-order valence-corrected chi connectivity index (χ2v) is 5.99. The first-order chi connectivity index (χ1) is 11.5. The molecule has 1 amide bonds. The van der Waals surface area contributed by atoms with Crippen LogP contribution in [0.4, 0.5) is 17.1 Å². The molecule has 0 atom stereocenters. The number of hydrogen-bond donors (Lipinski definition) is 1. The van der Waals surface area contributed by atoms with E-state index in [-0.39, 0.29) is 5.91 Å². The van der Waals surface area contributed by atoms with E-state index in [0.29, 0.717) is 18.5 Å². The zero-order chi connectivity index (χ0) is 17.3. The number of rotatable bonds is 3. The molecule has 122 valence electrons.